The summed E-state index contributed by atoms with van der Waals surface area (Å²) in [5, 5.41) is 13.6. The molecular weight excluding hydrogens is 336 g/mol. The third kappa shape index (κ3) is 4.53. The number of anilines is 1. The van der Waals surface area contributed by atoms with Crippen molar-refractivity contribution in [3.63, 3.8) is 0 Å². The number of nitrogens with one attached hydrogen (secondary N) is 1. The number of amides is 1. The fourth-order valence-electron chi connectivity index (χ4n) is 1.94. The molecule has 1 N–H and O–H groups in total. The van der Waals surface area contributed by atoms with Crippen molar-refractivity contribution in [1.29, 1.82) is 0 Å². The molecule has 0 unspecified atom stereocenters. The van der Waals surface area contributed by atoms with E-state index in [4.69, 9.17) is 16.3 Å². The van der Waals surface area contributed by atoms with E-state index in [0.29, 0.717) is 5.02 Å². The molecule has 0 aliphatic carbocycles. The Morgan fingerprint density at radius 2 is 2.00 bits per heavy atom. The molecule has 2 aromatic rings. The van der Waals surface area contributed by atoms with Gasteiger partial charge in [-0.2, -0.15) is 0 Å². The minimum absolute atomic E-state index is 0.134. The first kappa shape index (κ1) is 17.4. The molecule has 0 aliphatic rings. The van der Waals surface area contributed by atoms with E-state index in [-0.39, 0.29) is 35.1 Å². The number of ether oxygens (including phenoxy) is 1. The number of non-ortho nitro benzene ring substituents is 1. The summed E-state index contributed by atoms with van der Waals surface area (Å²) in [5.74, 6) is -0.521. The van der Waals surface area contributed by atoms with E-state index in [1.54, 1.807) is 6.07 Å². The monoisotopic (exact) mass is 348 g/mol. The molecule has 0 bridgehead atoms. The van der Waals surface area contributed by atoms with E-state index in [1.807, 2.05) is 0 Å². The summed E-state index contributed by atoms with van der Waals surface area (Å²) in [6.07, 6.45) is 0. The molecule has 0 atom stereocenters. The Hall–Kier alpha value is -2.93. The second kappa shape index (κ2) is 7.56. The first-order chi connectivity index (χ1) is 11.4. The van der Waals surface area contributed by atoms with Gasteiger partial charge in [-0.25, -0.2) is 0 Å². The van der Waals surface area contributed by atoms with Crippen LogP contribution in [0.5, 0.6) is 5.75 Å². The van der Waals surface area contributed by atoms with Gasteiger partial charge in [0.2, 0.25) is 0 Å². The number of rotatable bonds is 6. The van der Waals surface area contributed by atoms with E-state index >= 15 is 0 Å². The molecule has 0 saturated heterocycles. The Morgan fingerprint density at radius 3 is 2.67 bits per heavy atom. The number of carbonyl (C=O) groups is 2. The Labute approximate surface area is 142 Å². The van der Waals surface area contributed by atoms with Gasteiger partial charge in [-0.1, -0.05) is 17.7 Å². The fourth-order valence-corrected chi connectivity index (χ4v) is 2.11. The molecule has 0 fully saturated rings. The highest BCUT2D eigenvalue weighted by molar-refractivity contribution is 6.31. The molecule has 0 saturated carbocycles. The summed E-state index contributed by atoms with van der Waals surface area (Å²) >= 11 is 5.83. The molecule has 0 aromatic heterocycles. The normalized spacial score (nSPS) is 10.1. The lowest BCUT2D eigenvalue weighted by Crippen LogP contribution is -2.20. The zero-order valence-electron chi connectivity index (χ0n) is 12.6. The first-order valence-corrected chi connectivity index (χ1v) is 7.22. The van der Waals surface area contributed by atoms with Gasteiger partial charge < -0.3 is 10.1 Å². The third-order valence-electron chi connectivity index (χ3n) is 3.02. The van der Waals surface area contributed by atoms with Crippen LogP contribution in [0, 0.1) is 10.1 Å². The van der Waals surface area contributed by atoms with E-state index in [9.17, 15) is 19.7 Å². The molecule has 7 nitrogen and oxygen atoms in total. The van der Waals surface area contributed by atoms with Gasteiger partial charge in [-0.05, 0) is 31.2 Å². The van der Waals surface area contributed by atoms with Gasteiger partial charge in [0, 0.05) is 22.8 Å². The lowest BCUT2D eigenvalue weighted by molar-refractivity contribution is -0.384. The summed E-state index contributed by atoms with van der Waals surface area (Å²) in [5.41, 5.74) is 0.414. The second-order valence-electron chi connectivity index (χ2n) is 4.84. The highest BCUT2D eigenvalue weighted by atomic mass is 35.5. The van der Waals surface area contributed by atoms with Crippen molar-refractivity contribution in [2.75, 3.05) is 11.9 Å². The van der Waals surface area contributed by atoms with Gasteiger partial charge in [0.1, 0.15) is 5.75 Å². The van der Waals surface area contributed by atoms with E-state index < -0.39 is 10.8 Å². The largest absolute Gasteiger partial charge is 0.483 e. The molecule has 0 radical (unpaired) electrons. The minimum atomic E-state index is -0.557. The van der Waals surface area contributed by atoms with E-state index in [0.717, 1.165) is 0 Å². The molecule has 0 aliphatic heterocycles. The topological polar surface area (TPSA) is 98.5 Å². The third-order valence-corrected chi connectivity index (χ3v) is 3.26. The lowest BCUT2D eigenvalue weighted by atomic mass is 10.1. The Kier molecular flexibility index (Phi) is 5.49. The van der Waals surface area contributed by atoms with Crippen LogP contribution in [0.3, 0.4) is 0 Å². The van der Waals surface area contributed by atoms with Gasteiger partial charge in [0.25, 0.3) is 11.6 Å². The molecule has 1 amide bonds. The molecule has 0 spiro atoms. The molecule has 0 heterocycles. The number of halogens is 1. The number of Topliss-reactive ketones (excluding diaryl/α,β-unsaturated/α-hetero) is 1. The number of carbonyl (C=O) groups excluding carboxylic acids is 2. The number of hydrogen-bond acceptors (Lipinski definition) is 5. The maximum Gasteiger partial charge on any atom is 0.271 e. The van der Waals surface area contributed by atoms with E-state index in [1.165, 1.54) is 43.3 Å². The van der Waals surface area contributed by atoms with Crippen LogP contribution in [0.4, 0.5) is 11.4 Å². The molecule has 124 valence electrons. The van der Waals surface area contributed by atoms with Gasteiger partial charge in [-0.3, -0.25) is 19.7 Å². The van der Waals surface area contributed by atoms with Crippen molar-refractivity contribution in [3.05, 3.63) is 63.2 Å². The maximum absolute atomic E-state index is 11.9. The maximum atomic E-state index is 11.9. The van der Waals surface area contributed by atoms with Crippen LogP contribution < -0.4 is 10.1 Å². The van der Waals surface area contributed by atoms with Crippen LogP contribution in [0.1, 0.15) is 17.3 Å². The highest BCUT2D eigenvalue weighted by Crippen LogP contribution is 2.23. The van der Waals surface area contributed by atoms with Crippen LogP contribution >= 0.6 is 11.6 Å². The van der Waals surface area contributed by atoms with Crippen LogP contribution in [-0.4, -0.2) is 23.2 Å². The molecule has 24 heavy (non-hydrogen) atoms. The zero-order chi connectivity index (χ0) is 17.7. The lowest BCUT2D eigenvalue weighted by Gasteiger charge is -2.10. The van der Waals surface area contributed by atoms with Crippen molar-refractivity contribution in [2.24, 2.45) is 0 Å². The Balaban J connectivity index is 2.03. The Bertz CT molecular complexity index is 807. The van der Waals surface area contributed by atoms with Crippen molar-refractivity contribution in [3.8, 4) is 5.75 Å². The number of hydrogen-bond donors (Lipinski definition) is 1. The number of ketones is 1. The number of benzene rings is 2. The SMILES string of the molecule is CC(=O)c1cc(Cl)ccc1OCC(=O)Nc1cccc([N+](=O)[O-])c1. The highest BCUT2D eigenvalue weighted by Gasteiger charge is 2.12. The number of nitrogens with zero attached hydrogens (tertiary/aromatic N) is 1. The summed E-state index contributed by atoms with van der Waals surface area (Å²) in [4.78, 5) is 33.6. The first-order valence-electron chi connectivity index (χ1n) is 6.84. The van der Waals surface area contributed by atoms with Gasteiger partial charge in [0.15, 0.2) is 12.4 Å². The van der Waals surface area contributed by atoms with Crippen molar-refractivity contribution >= 4 is 34.7 Å². The number of nitro groups is 1. The average molecular weight is 349 g/mol. The second-order valence-corrected chi connectivity index (χ2v) is 5.28. The summed E-state index contributed by atoms with van der Waals surface area (Å²) < 4.78 is 5.34. The average Bonchev–Trinajstić information content (AvgIpc) is 2.53. The summed E-state index contributed by atoms with van der Waals surface area (Å²) in [6, 6.07) is 10.0. The van der Waals surface area contributed by atoms with Crippen LogP contribution in [0.15, 0.2) is 42.5 Å². The van der Waals surface area contributed by atoms with Crippen LogP contribution in [-0.2, 0) is 4.79 Å². The fraction of sp³-hybridized carbons (Fsp3) is 0.125. The molecular formula is C16H13ClN2O5. The quantitative estimate of drug-likeness (QED) is 0.489. The van der Waals surface area contributed by atoms with Crippen molar-refractivity contribution in [1.82, 2.24) is 0 Å². The smallest absolute Gasteiger partial charge is 0.271 e. The van der Waals surface area contributed by atoms with Crippen molar-refractivity contribution < 1.29 is 19.2 Å². The predicted octanol–water partition coefficient (Wildman–Crippen LogP) is 3.47. The van der Waals surface area contributed by atoms with E-state index in [2.05, 4.69) is 5.32 Å². The van der Waals surface area contributed by atoms with Gasteiger partial charge in [-0.15, -0.1) is 0 Å². The zero-order valence-corrected chi connectivity index (χ0v) is 13.4. The summed E-state index contributed by atoms with van der Waals surface area (Å²) in [6.45, 7) is 1.01. The standard InChI is InChI=1S/C16H13ClN2O5/c1-10(20)14-7-11(17)5-6-15(14)24-9-16(21)18-12-3-2-4-13(8-12)19(22)23/h2-8H,9H2,1H3,(H,18,21). The minimum Gasteiger partial charge on any atom is -0.483 e. The molecule has 8 heteroatoms. The van der Waals surface area contributed by atoms with Gasteiger partial charge >= 0.3 is 0 Å². The van der Waals surface area contributed by atoms with Crippen LogP contribution in [0.2, 0.25) is 5.02 Å². The van der Waals surface area contributed by atoms with Gasteiger partial charge in [0.05, 0.1) is 10.5 Å². The molecule has 2 aromatic carbocycles. The van der Waals surface area contributed by atoms with Crippen molar-refractivity contribution in [2.45, 2.75) is 6.92 Å². The number of nitro benzene ring substituents is 1. The molecule has 2 rings (SSSR count). The predicted molar refractivity (Wildman–Crippen MR) is 88.7 cm³/mol. The summed E-state index contributed by atoms with van der Waals surface area (Å²) in [7, 11) is 0. The Morgan fingerprint density at radius 1 is 1.25 bits per heavy atom. The van der Waals surface area contributed by atoms with Crippen LogP contribution in [0.25, 0.3) is 0 Å².